The summed E-state index contributed by atoms with van der Waals surface area (Å²) in [6.45, 7) is 0. The highest BCUT2D eigenvalue weighted by atomic mass is 32.2. The Labute approximate surface area is 122 Å². The summed E-state index contributed by atoms with van der Waals surface area (Å²) in [7, 11) is 0. The van der Waals surface area contributed by atoms with Crippen LogP contribution < -0.4 is 4.90 Å². The minimum atomic E-state index is -0.991. The summed E-state index contributed by atoms with van der Waals surface area (Å²) in [5.74, 6) is -0.616. The number of amides is 1. The fourth-order valence-corrected chi connectivity index (χ4v) is 4.11. The van der Waals surface area contributed by atoms with Gasteiger partial charge in [-0.3, -0.25) is 14.5 Å². The van der Waals surface area contributed by atoms with Crippen LogP contribution in [0.25, 0.3) is 0 Å². The Morgan fingerprint density at radius 2 is 2.40 bits per heavy atom. The molecule has 1 amide bonds. The second-order valence-corrected chi connectivity index (χ2v) is 6.27. The summed E-state index contributed by atoms with van der Waals surface area (Å²) in [6.07, 6.45) is 2.94. The predicted molar refractivity (Wildman–Crippen MR) is 74.7 cm³/mol. The first-order chi connectivity index (χ1) is 9.66. The molecule has 104 valence electrons. The van der Waals surface area contributed by atoms with Crippen LogP contribution in [0.4, 0.5) is 5.13 Å². The van der Waals surface area contributed by atoms with Gasteiger partial charge >= 0.3 is 5.97 Å². The molecular weight excluding hydrogens is 300 g/mol. The maximum Gasteiger partial charge on any atom is 0.305 e. The van der Waals surface area contributed by atoms with E-state index in [1.807, 2.05) is 0 Å². The Morgan fingerprint density at radius 1 is 1.55 bits per heavy atom. The molecule has 6 nitrogen and oxygen atoms in total. The summed E-state index contributed by atoms with van der Waals surface area (Å²) in [6, 6.07) is 3.51. The van der Waals surface area contributed by atoms with Crippen molar-refractivity contribution in [2.24, 2.45) is 0 Å². The summed E-state index contributed by atoms with van der Waals surface area (Å²) in [4.78, 5) is 28.9. The summed E-state index contributed by atoms with van der Waals surface area (Å²) in [5.41, 5.74) is 0. The lowest BCUT2D eigenvalue weighted by atomic mass is 10.2. The molecule has 8 heteroatoms. The van der Waals surface area contributed by atoms with Crippen molar-refractivity contribution in [3.05, 3.63) is 35.7 Å². The monoisotopic (exact) mass is 310 g/mol. The van der Waals surface area contributed by atoms with Gasteiger partial charge in [0.15, 0.2) is 5.13 Å². The molecular formula is C12H10N2O4S2. The Balaban J connectivity index is 1.94. The standard InChI is InChI=1S/C12H10N2O4S2/c15-9(16)6-8-10(17)14(12-13-3-5-19-12)11(20-8)7-2-1-4-18-7/h1-5,8,11H,6H2,(H,15,16). The molecule has 0 bridgehead atoms. The van der Waals surface area contributed by atoms with Gasteiger partial charge in [0.1, 0.15) is 11.1 Å². The number of nitrogens with zero attached hydrogens (tertiary/aromatic N) is 2. The van der Waals surface area contributed by atoms with Gasteiger partial charge in [0.2, 0.25) is 5.91 Å². The SMILES string of the molecule is O=C(O)CC1SC(c2ccco2)N(c2nccs2)C1=O. The third kappa shape index (κ3) is 2.32. The van der Waals surface area contributed by atoms with E-state index in [1.165, 1.54) is 34.3 Å². The molecule has 2 unspecified atom stereocenters. The number of thiazole rings is 1. The minimum absolute atomic E-state index is 0.206. The van der Waals surface area contributed by atoms with E-state index in [1.54, 1.807) is 23.7 Å². The number of carbonyl (C=O) groups excluding carboxylic acids is 1. The van der Waals surface area contributed by atoms with E-state index in [-0.39, 0.29) is 17.7 Å². The largest absolute Gasteiger partial charge is 0.481 e. The average Bonchev–Trinajstić information content (AvgIpc) is 3.10. The number of aliphatic carboxylic acids is 1. The number of carboxylic acids is 1. The van der Waals surface area contributed by atoms with Crippen molar-refractivity contribution in [2.45, 2.75) is 17.0 Å². The molecule has 0 aliphatic carbocycles. The molecule has 0 radical (unpaired) electrons. The fourth-order valence-electron chi connectivity index (χ4n) is 1.99. The van der Waals surface area contributed by atoms with E-state index in [9.17, 15) is 9.59 Å². The van der Waals surface area contributed by atoms with Crippen LogP contribution in [0, 0.1) is 0 Å². The molecule has 20 heavy (non-hydrogen) atoms. The molecule has 2 aromatic rings. The molecule has 1 saturated heterocycles. The van der Waals surface area contributed by atoms with Crippen LogP contribution in [0.5, 0.6) is 0 Å². The third-order valence-electron chi connectivity index (χ3n) is 2.81. The van der Waals surface area contributed by atoms with Gasteiger partial charge < -0.3 is 9.52 Å². The molecule has 3 rings (SSSR count). The molecule has 0 spiro atoms. The maximum absolute atomic E-state index is 12.4. The highest BCUT2D eigenvalue weighted by Crippen LogP contribution is 2.47. The lowest BCUT2D eigenvalue weighted by molar-refractivity contribution is -0.138. The molecule has 1 aliphatic rings. The zero-order valence-corrected chi connectivity index (χ0v) is 11.8. The van der Waals surface area contributed by atoms with Crippen LogP contribution in [-0.4, -0.2) is 27.2 Å². The zero-order chi connectivity index (χ0) is 14.1. The van der Waals surface area contributed by atoms with Crippen LogP contribution in [-0.2, 0) is 9.59 Å². The van der Waals surface area contributed by atoms with Crippen molar-refractivity contribution in [1.82, 2.24) is 4.98 Å². The number of anilines is 1. The van der Waals surface area contributed by atoms with Crippen molar-refractivity contribution in [1.29, 1.82) is 0 Å². The van der Waals surface area contributed by atoms with Crippen LogP contribution in [0.3, 0.4) is 0 Å². The molecule has 1 N–H and O–H groups in total. The molecule has 3 heterocycles. The van der Waals surface area contributed by atoms with E-state index >= 15 is 0 Å². The number of hydrogen-bond acceptors (Lipinski definition) is 6. The fraction of sp³-hybridized carbons (Fsp3) is 0.250. The number of furan rings is 1. The molecule has 2 atom stereocenters. The van der Waals surface area contributed by atoms with Crippen LogP contribution >= 0.6 is 23.1 Å². The minimum Gasteiger partial charge on any atom is -0.481 e. The highest BCUT2D eigenvalue weighted by Gasteiger charge is 2.45. The maximum atomic E-state index is 12.4. The Kier molecular flexibility index (Phi) is 3.49. The number of aromatic nitrogens is 1. The van der Waals surface area contributed by atoms with Crippen molar-refractivity contribution in [2.75, 3.05) is 4.90 Å². The first-order valence-electron chi connectivity index (χ1n) is 5.80. The molecule has 1 fully saturated rings. The van der Waals surface area contributed by atoms with Crippen molar-refractivity contribution < 1.29 is 19.1 Å². The van der Waals surface area contributed by atoms with Gasteiger partial charge in [-0.1, -0.05) is 0 Å². The number of hydrogen-bond donors (Lipinski definition) is 1. The molecule has 1 aliphatic heterocycles. The van der Waals surface area contributed by atoms with Gasteiger partial charge in [-0.05, 0) is 12.1 Å². The highest BCUT2D eigenvalue weighted by molar-refractivity contribution is 8.01. The smallest absolute Gasteiger partial charge is 0.305 e. The van der Waals surface area contributed by atoms with Crippen molar-refractivity contribution in [3.63, 3.8) is 0 Å². The first kappa shape index (κ1) is 13.2. The van der Waals surface area contributed by atoms with E-state index in [4.69, 9.17) is 9.52 Å². The van der Waals surface area contributed by atoms with Crippen molar-refractivity contribution in [3.8, 4) is 0 Å². The Morgan fingerprint density at radius 3 is 3.00 bits per heavy atom. The topological polar surface area (TPSA) is 83.6 Å². The predicted octanol–water partition coefficient (Wildman–Crippen LogP) is 2.36. The van der Waals surface area contributed by atoms with E-state index < -0.39 is 11.2 Å². The van der Waals surface area contributed by atoms with Gasteiger partial charge in [-0.15, -0.1) is 23.1 Å². The van der Waals surface area contributed by atoms with Crippen molar-refractivity contribution >= 4 is 40.1 Å². The third-order valence-corrected chi connectivity index (χ3v) is 4.98. The number of rotatable bonds is 4. The summed E-state index contributed by atoms with van der Waals surface area (Å²) < 4.78 is 5.36. The van der Waals surface area contributed by atoms with Gasteiger partial charge in [0.25, 0.3) is 0 Å². The average molecular weight is 310 g/mol. The number of carboxylic acid groups (broad SMARTS) is 1. The molecule has 2 aromatic heterocycles. The molecule has 0 saturated carbocycles. The van der Waals surface area contributed by atoms with Gasteiger partial charge in [0.05, 0.1) is 17.9 Å². The normalized spacial score (nSPS) is 22.4. The first-order valence-corrected chi connectivity index (χ1v) is 7.62. The molecule has 0 aromatic carbocycles. The lowest BCUT2D eigenvalue weighted by Crippen LogP contribution is -2.31. The summed E-state index contributed by atoms with van der Waals surface area (Å²) >= 11 is 2.62. The Bertz CT molecular complexity index is 611. The van der Waals surface area contributed by atoms with Gasteiger partial charge in [0, 0.05) is 11.6 Å². The van der Waals surface area contributed by atoms with E-state index in [0.29, 0.717) is 10.9 Å². The van der Waals surface area contributed by atoms with Crippen LogP contribution in [0.1, 0.15) is 17.6 Å². The zero-order valence-electron chi connectivity index (χ0n) is 10.1. The van der Waals surface area contributed by atoms with Gasteiger partial charge in [-0.2, -0.15) is 0 Å². The van der Waals surface area contributed by atoms with Gasteiger partial charge in [-0.25, -0.2) is 4.98 Å². The second-order valence-electron chi connectivity index (χ2n) is 4.11. The Hall–Kier alpha value is -1.80. The number of carbonyl (C=O) groups is 2. The van der Waals surface area contributed by atoms with E-state index in [2.05, 4.69) is 4.98 Å². The van der Waals surface area contributed by atoms with E-state index in [0.717, 1.165) is 0 Å². The van der Waals surface area contributed by atoms with Crippen LogP contribution in [0.2, 0.25) is 0 Å². The quantitative estimate of drug-likeness (QED) is 0.933. The lowest BCUT2D eigenvalue weighted by Gasteiger charge is -2.18. The summed E-state index contributed by atoms with van der Waals surface area (Å²) in [5, 5.41) is 10.2. The van der Waals surface area contributed by atoms with Crippen LogP contribution in [0.15, 0.2) is 34.4 Å². The number of thioether (sulfide) groups is 1. The second kappa shape index (κ2) is 5.29.